The van der Waals surface area contributed by atoms with Gasteiger partial charge in [-0.1, -0.05) is 36.4 Å². The predicted octanol–water partition coefficient (Wildman–Crippen LogP) is 2.52. The molecule has 0 aliphatic rings. The fourth-order valence-electron chi connectivity index (χ4n) is 2.96. The Morgan fingerprint density at radius 3 is 2.43 bits per heavy atom. The van der Waals surface area contributed by atoms with E-state index in [1.165, 1.54) is 7.11 Å². The summed E-state index contributed by atoms with van der Waals surface area (Å²) in [6, 6.07) is 12.2. The van der Waals surface area contributed by atoms with Crippen LogP contribution < -0.4 is 20.1 Å². The highest BCUT2D eigenvalue weighted by Gasteiger charge is 2.22. The van der Waals surface area contributed by atoms with Gasteiger partial charge in [0.2, 0.25) is 5.91 Å². The highest BCUT2D eigenvalue weighted by molar-refractivity contribution is 5.98. The summed E-state index contributed by atoms with van der Waals surface area (Å²) in [5.74, 6) is 0.387. The zero-order chi connectivity index (χ0) is 20.5. The van der Waals surface area contributed by atoms with Gasteiger partial charge < -0.3 is 20.1 Å². The van der Waals surface area contributed by atoms with Crippen LogP contribution in [-0.4, -0.2) is 39.1 Å². The van der Waals surface area contributed by atoms with E-state index in [1.54, 1.807) is 32.4 Å². The van der Waals surface area contributed by atoms with Gasteiger partial charge in [0, 0.05) is 24.6 Å². The van der Waals surface area contributed by atoms with E-state index in [2.05, 4.69) is 17.2 Å². The second-order valence-corrected chi connectivity index (χ2v) is 6.19. The first kappa shape index (κ1) is 21.0. The fourth-order valence-corrected chi connectivity index (χ4v) is 2.96. The molecule has 2 N–H and O–H groups in total. The summed E-state index contributed by atoms with van der Waals surface area (Å²) >= 11 is 0. The third kappa shape index (κ3) is 5.13. The number of likely N-dealkylation sites (N-methyl/N-ethyl adjacent to an activating group) is 1. The summed E-state index contributed by atoms with van der Waals surface area (Å²) in [7, 11) is 4.61. The molecule has 28 heavy (non-hydrogen) atoms. The smallest absolute Gasteiger partial charge is 0.252 e. The molecule has 0 aliphatic carbocycles. The van der Waals surface area contributed by atoms with Gasteiger partial charge in [-0.05, 0) is 24.1 Å². The van der Waals surface area contributed by atoms with Crippen LogP contribution in [0.1, 0.15) is 21.5 Å². The number of hydrogen-bond donors (Lipinski definition) is 2. The molecule has 1 unspecified atom stereocenters. The monoisotopic (exact) mass is 382 g/mol. The number of hydrogen-bond acceptors (Lipinski definition) is 4. The molecule has 0 radical (unpaired) electrons. The van der Waals surface area contributed by atoms with Crippen LogP contribution in [0, 0.1) is 0 Å². The van der Waals surface area contributed by atoms with Crippen molar-refractivity contribution in [2.24, 2.45) is 0 Å². The van der Waals surface area contributed by atoms with E-state index in [-0.39, 0.29) is 11.8 Å². The Morgan fingerprint density at radius 2 is 1.86 bits per heavy atom. The summed E-state index contributed by atoms with van der Waals surface area (Å²) in [4.78, 5) is 25.2. The van der Waals surface area contributed by atoms with Gasteiger partial charge in [0.15, 0.2) is 11.5 Å². The minimum atomic E-state index is -0.698. The fraction of sp³-hybridized carbons (Fsp3) is 0.273. The lowest BCUT2D eigenvalue weighted by Crippen LogP contribution is -2.47. The maximum absolute atomic E-state index is 12.9. The van der Waals surface area contributed by atoms with Crippen LogP contribution in [0.3, 0.4) is 0 Å². The summed E-state index contributed by atoms with van der Waals surface area (Å²) in [6.45, 7) is 3.74. The van der Waals surface area contributed by atoms with Gasteiger partial charge in [-0.3, -0.25) is 9.59 Å². The zero-order valence-electron chi connectivity index (χ0n) is 16.5. The molecule has 0 fully saturated rings. The summed E-state index contributed by atoms with van der Waals surface area (Å²) in [5, 5.41) is 5.42. The van der Waals surface area contributed by atoms with Crippen LogP contribution in [0.25, 0.3) is 0 Å². The van der Waals surface area contributed by atoms with Crippen LogP contribution in [0.15, 0.2) is 55.1 Å². The predicted molar refractivity (Wildman–Crippen MR) is 109 cm³/mol. The molecule has 6 nitrogen and oxygen atoms in total. The van der Waals surface area contributed by atoms with Crippen molar-refractivity contribution >= 4 is 11.8 Å². The standard InChI is InChI=1S/C22H26N2O4/c1-5-9-16-13-17(14-19(27-3)20(16)28-4)21(25)24-18(22(26)23-2)12-15-10-7-6-8-11-15/h5-8,10-11,13-14,18H,1,9,12H2,2-4H3,(H,23,26)(H,24,25). The Kier molecular flexibility index (Phi) is 7.63. The molecule has 1 atom stereocenters. The first-order valence-electron chi connectivity index (χ1n) is 8.96. The van der Waals surface area contributed by atoms with Gasteiger partial charge in [0.1, 0.15) is 6.04 Å². The molecule has 0 bridgehead atoms. The highest BCUT2D eigenvalue weighted by Crippen LogP contribution is 2.33. The number of carbonyl (C=O) groups excluding carboxylic acids is 2. The molecule has 0 aliphatic heterocycles. The minimum Gasteiger partial charge on any atom is -0.493 e. The Hall–Kier alpha value is -3.28. The van der Waals surface area contributed by atoms with E-state index >= 15 is 0 Å². The lowest BCUT2D eigenvalue weighted by atomic mass is 10.0. The van der Waals surface area contributed by atoms with E-state index in [0.717, 1.165) is 11.1 Å². The average molecular weight is 382 g/mol. The lowest BCUT2D eigenvalue weighted by Gasteiger charge is -2.19. The van der Waals surface area contributed by atoms with Crippen molar-refractivity contribution in [3.63, 3.8) is 0 Å². The van der Waals surface area contributed by atoms with Gasteiger partial charge in [-0.25, -0.2) is 0 Å². The molecule has 0 spiro atoms. The van der Waals surface area contributed by atoms with Gasteiger partial charge >= 0.3 is 0 Å². The second-order valence-electron chi connectivity index (χ2n) is 6.19. The van der Waals surface area contributed by atoms with Crippen molar-refractivity contribution in [2.45, 2.75) is 18.9 Å². The second kappa shape index (κ2) is 10.2. The average Bonchev–Trinajstić information content (AvgIpc) is 2.72. The van der Waals surface area contributed by atoms with Crippen LogP contribution in [0.4, 0.5) is 0 Å². The minimum absolute atomic E-state index is 0.260. The normalized spacial score (nSPS) is 11.2. The third-order valence-electron chi connectivity index (χ3n) is 4.33. The van der Waals surface area contributed by atoms with E-state index in [9.17, 15) is 9.59 Å². The largest absolute Gasteiger partial charge is 0.493 e. The maximum atomic E-state index is 12.9. The maximum Gasteiger partial charge on any atom is 0.252 e. The highest BCUT2D eigenvalue weighted by atomic mass is 16.5. The number of benzene rings is 2. The van der Waals surface area contributed by atoms with Gasteiger partial charge in [-0.15, -0.1) is 6.58 Å². The molecular formula is C22H26N2O4. The molecule has 148 valence electrons. The number of ether oxygens (including phenoxy) is 2. The Balaban J connectivity index is 2.30. The van der Waals surface area contributed by atoms with Crippen molar-refractivity contribution in [2.75, 3.05) is 21.3 Å². The number of nitrogens with one attached hydrogen (secondary N) is 2. The molecule has 2 aromatic carbocycles. The SMILES string of the molecule is C=CCc1cc(C(=O)NC(Cc2ccccc2)C(=O)NC)cc(OC)c1OC. The van der Waals surface area contributed by atoms with Gasteiger partial charge in [0.25, 0.3) is 5.91 Å². The van der Waals surface area contributed by atoms with Crippen molar-refractivity contribution < 1.29 is 19.1 Å². The van der Waals surface area contributed by atoms with Gasteiger partial charge in [-0.2, -0.15) is 0 Å². The molecule has 2 aromatic rings. The van der Waals surface area contributed by atoms with E-state index in [1.807, 2.05) is 30.3 Å². The number of methoxy groups -OCH3 is 2. The van der Waals surface area contributed by atoms with Crippen LogP contribution in [-0.2, 0) is 17.6 Å². The number of allylic oxidation sites excluding steroid dienone is 1. The molecular weight excluding hydrogens is 356 g/mol. The van der Waals surface area contributed by atoms with Crippen LogP contribution >= 0.6 is 0 Å². The summed E-state index contributed by atoms with van der Waals surface area (Å²) < 4.78 is 10.8. The quantitative estimate of drug-likeness (QED) is 0.654. The molecule has 0 aromatic heterocycles. The molecule has 0 heterocycles. The third-order valence-corrected chi connectivity index (χ3v) is 4.33. The zero-order valence-corrected chi connectivity index (χ0v) is 16.5. The Bertz CT molecular complexity index is 834. The van der Waals surface area contributed by atoms with E-state index < -0.39 is 6.04 Å². The topological polar surface area (TPSA) is 76.7 Å². The molecule has 0 saturated heterocycles. The molecule has 2 rings (SSSR count). The molecule has 2 amide bonds. The number of rotatable bonds is 9. The van der Waals surface area contributed by atoms with Crippen LogP contribution in [0.2, 0.25) is 0 Å². The van der Waals surface area contributed by atoms with Crippen molar-refractivity contribution in [1.82, 2.24) is 10.6 Å². The molecule has 0 saturated carbocycles. The van der Waals surface area contributed by atoms with E-state index in [4.69, 9.17) is 9.47 Å². The summed E-state index contributed by atoms with van der Waals surface area (Å²) in [5.41, 5.74) is 2.12. The van der Waals surface area contributed by atoms with Crippen molar-refractivity contribution in [1.29, 1.82) is 0 Å². The van der Waals surface area contributed by atoms with Crippen LogP contribution in [0.5, 0.6) is 11.5 Å². The first-order valence-corrected chi connectivity index (χ1v) is 8.96. The first-order chi connectivity index (χ1) is 13.5. The summed E-state index contributed by atoms with van der Waals surface area (Å²) in [6.07, 6.45) is 2.63. The molecule has 6 heteroatoms. The van der Waals surface area contributed by atoms with E-state index in [0.29, 0.717) is 29.9 Å². The van der Waals surface area contributed by atoms with Crippen molar-refractivity contribution in [3.05, 3.63) is 71.8 Å². The number of carbonyl (C=O) groups is 2. The Morgan fingerprint density at radius 1 is 1.14 bits per heavy atom. The van der Waals surface area contributed by atoms with Gasteiger partial charge in [0.05, 0.1) is 14.2 Å². The van der Waals surface area contributed by atoms with Crippen molar-refractivity contribution in [3.8, 4) is 11.5 Å². The lowest BCUT2D eigenvalue weighted by molar-refractivity contribution is -0.122. The number of amides is 2. The Labute approximate surface area is 165 Å².